The fraction of sp³-hybridized carbons (Fsp3) is 0.375. The highest BCUT2D eigenvalue weighted by molar-refractivity contribution is 7.12. The second-order valence-electron chi connectivity index (χ2n) is 5.70. The molecule has 3 heteroatoms. The first-order valence-corrected chi connectivity index (χ1v) is 7.23. The number of hydrogen-bond donors (Lipinski definition) is 1. The van der Waals surface area contributed by atoms with Crippen LogP contribution in [0.25, 0.3) is 0 Å². The van der Waals surface area contributed by atoms with Crippen molar-refractivity contribution in [3.63, 3.8) is 0 Å². The molecule has 2 aromatic rings. The Kier molecular flexibility index (Phi) is 3.97. The second-order valence-corrected chi connectivity index (χ2v) is 6.82. The van der Waals surface area contributed by atoms with E-state index in [1.54, 1.807) is 18.4 Å². The molecule has 2 rings (SSSR count). The van der Waals surface area contributed by atoms with E-state index in [1.807, 2.05) is 24.3 Å². The molecule has 1 heterocycles. The molecule has 0 saturated carbocycles. The van der Waals surface area contributed by atoms with E-state index in [1.165, 1.54) is 9.75 Å². The molecule has 0 bridgehead atoms. The third-order valence-corrected chi connectivity index (χ3v) is 4.74. The summed E-state index contributed by atoms with van der Waals surface area (Å²) in [5.41, 5.74) is 7.63. The fourth-order valence-electron chi connectivity index (χ4n) is 1.90. The van der Waals surface area contributed by atoms with Crippen molar-refractivity contribution in [1.82, 2.24) is 0 Å². The zero-order valence-electron chi connectivity index (χ0n) is 11.9. The van der Waals surface area contributed by atoms with E-state index in [9.17, 15) is 0 Å². The predicted molar refractivity (Wildman–Crippen MR) is 82.0 cm³/mol. The number of benzene rings is 1. The van der Waals surface area contributed by atoms with Gasteiger partial charge in [-0.25, -0.2) is 0 Å². The SMILES string of the molecule is COc1ccc(C(N)c2ccc(C(C)(C)C)s2)cc1. The Hall–Kier alpha value is -1.32. The molecule has 19 heavy (non-hydrogen) atoms. The largest absolute Gasteiger partial charge is 0.497 e. The van der Waals surface area contributed by atoms with E-state index < -0.39 is 0 Å². The van der Waals surface area contributed by atoms with E-state index in [4.69, 9.17) is 10.5 Å². The lowest BCUT2D eigenvalue weighted by atomic mass is 9.95. The van der Waals surface area contributed by atoms with Crippen molar-refractivity contribution in [3.8, 4) is 5.75 Å². The van der Waals surface area contributed by atoms with Crippen molar-refractivity contribution in [2.24, 2.45) is 5.73 Å². The third-order valence-electron chi connectivity index (χ3n) is 3.15. The molecule has 102 valence electrons. The maximum Gasteiger partial charge on any atom is 0.118 e. The van der Waals surface area contributed by atoms with E-state index in [-0.39, 0.29) is 11.5 Å². The summed E-state index contributed by atoms with van der Waals surface area (Å²) in [6, 6.07) is 12.2. The number of thiophene rings is 1. The molecule has 0 radical (unpaired) electrons. The maximum atomic E-state index is 6.33. The van der Waals surface area contributed by atoms with Crippen LogP contribution >= 0.6 is 11.3 Å². The van der Waals surface area contributed by atoms with Gasteiger partial charge in [0.1, 0.15) is 5.75 Å². The van der Waals surface area contributed by atoms with Gasteiger partial charge in [-0.05, 0) is 35.2 Å². The van der Waals surface area contributed by atoms with Gasteiger partial charge in [0.15, 0.2) is 0 Å². The minimum atomic E-state index is -0.0630. The number of methoxy groups -OCH3 is 1. The van der Waals surface area contributed by atoms with Crippen LogP contribution in [0.3, 0.4) is 0 Å². The van der Waals surface area contributed by atoms with E-state index in [0.29, 0.717) is 0 Å². The van der Waals surface area contributed by atoms with Gasteiger partial charge in [0.05, 0.1) is 13.2 Å². The van der Waals surface area contributed by atoms with Crippen LogP contribution in [0.15, 0.2) is 36.4 Å². The van der Waals surface area contributed by atoms with Crippen molar-refractivity contribution < 1.29 is 4.74 Å². The highest BCUT2D eigenvalue weighted by Gasteiger charge is 2.18. The van der Waals surface area contributed by atoms with E-state index in [2.05, 4.69) is 32.9 Å². The van der Waals surface area contributed by atoms with Crippen LogP contribution in [0.1, 0.15) is 42.1 Å². The van der Waals surface area contributed by atoms with Gasteiger partial charge in [-0.3, -0.25) is 0 Å². The smallest absolute Gasteiger partial charge is 0.118 e. The van der Waals surface area contributed by atoms with Gasteiger partial charge in [-0.15, -0.1) is 11.3 Å². The van der Waals surface area contributed by atoms with Crippen LogP contribution in [0.2, 0.25) is 0 Å². The molecular weight excluding hydrogens is 254 g/mol. The van der Waals surface area contributed by atoms with Crippen LogP contribution in [0.4, 0.5) is 0 Å². The molecule has 2 N–H and O–H groups in total. The molecule has 0 saturated heterocycles. The van der Waals surface area contributed by atoms with Gasteiger partial charge in [-0.1, -0.05) is 32.9 Å². The molecular formula is C16H21NOS. The zero-order chi connectivity index (χ0) is 14.0. The first-order valence-electron chi connectivity index (χ1n) is 6.41. The summed E-state index contributed by atoms with van der Waals surface area (Å²) in [6.45, 7) is 6.67. The lowest BCUT2D eigenvalue weighted by Crippen LogP contribution is -2.10. The summed E-state index contributed by atoms with van der Waals surface area (Å²) < 4.78 is 5.17. The van der Waals surface area contributed by atoms with Crippen LogP contribution in [0, 0.1) is 0 Å². The van der Waals surface area contributed by atoms with E-state index >= 15 is 0 Å². The monoisotopic (exact) mass is 275 g/mol. The van der Waals surface area contributed by atoms with Gasteiger partial charge in [0, 0.05) is 9.75 Å². The van der Waals surface area contributed by atoms with Crippen LogP contribution in [-0.2, 0) is 5.41 Å². The Morgan fingerprint density at radius 2 is 1.68 bits per heavy atom. The molecule has 0 amide bonds. The van der Waals surface area contributed by atoms with Gasteiger partial charge >= 0.3 is 0 Å². The zero-order valence-corrected chi connectivity index (χ0v) is 12.8. The van der Waals surface area contributed by atoms with Gasteiger partial charge in [-0.2, -0.15) is 0 Å². The summed E-state index contributed by atoms with van der Waals surface area (Å²) in [4.78, 5) is 2.57. The molecule has 0 aliphatic carbocycles. The van der Waals surface area contributed by atoms with Crippen molar-refractivity contribution in [2.45, 2.75) is 32.2 Å². The maximum absolute atomic E-state index is 6.33. The normalized spacial score (nSPS) is 13.3. The minimum absolute atomic E-state index is 0.0630. The Morgan fingerprint density at radius 3 is 2.16 bits per heavy atom. The fourth-order valence-corrected chi connectivity index (χ4v) is 2.99. The highest BCUT2D eigenvalue weighted by Crippen LogP contribution is 2.33. The third kappa shape index (κ3) is 3.17. The summed E-state index contributed by atoms with van der Waals surface area (Å²) in [6.07, 6.45) is 0. The number of rotatable bonds is 3. The summed E-state index contributed by atoms with van der Waals surface area (Å²) >= 11 is 1.80. The molecule has 2 nitrogen and oxygen atoms in total. The quantitative estimate of drug-likeness (QED) is 0.915. The lowest BCUT2D eigenvalue weighted by Gasteiger charge is -2.16. The molecule has 0 aliphatic heterocycles. The second kappa shape index (κ2) is 5.35. The predicted octanol–water partition coefficient (Wildman–Crippen LogP) is 4.10. The van der Waals surface area contributed by atoms with Gasteiger partial charge in [0.25, 0.3) is 0 Å². The molecule has 0 fully saturated rings. The topological polar surface area (TPSA) is 35.2 Å². The van der Waals surface area contributed by atoms with Crippen molar-refractivity contribution in [3.05, 3.63) is 51.7 Å². The molecule has 0 spiro atoms. The number of nitrogens with two attached hydrogens (primary N) is 1. The average molecular weight is 275 g/mol. The van der Waals surface area contributed by atoms with Crippen molar-refractivity contribution in [2.75, 3.05) is 7.11 Å². The molecule has 0 aliphatic rings. The minimum Gasteiger partial charge on any atom is -0.497 e. The Morgan fingerprint density at radius 1 is 1.05 bits per heavy atom. The van der Waals surface area contributed by atoms with Crippen molar-refractivity contribution in [1.29, 1.82) is 0 Å². The lowest BCUT2D eigenvalue weighted by molar-refractivity contribution is 0.414. The summed E-state index contributed by atoms with van der Waals surface area (Å²) in [5, 5.41) is 0. The summed E-state index contributed by atoms with van der Waals surface area (Å²) in [7, 11) is 1.67. The molecule has 1 unspecified atom stereocenters. The Bertz CT molecular complexity index is 537. The summed E-state index contributed by atoms with van der Waals surface area (Å²) in [5.74, 6) is 0.859. The first kappa shape index (κ1) is 14.1. The van der Waals surface area contributed by atoms with Gasteiger partial charge < -0.3 is 10.5 Å². The van der Waals surface area contributed by atoms with E-state index in [0.717, 1.165) is 11.3 Å². The van der Waals surface area contributed by atoms with Gasteiger partial charge in [0.2, 0.25) is 0 Å². The highest BCUT2D eigenvalue weighted by atomic mass is 32.1. The van der Waals surface area contributed by atoms with Crippen LogP contribution in [0.5, 0.6) is 5.75 Å². The Labute approximate surface area is 119 Å². The van der Waals surface area contributed by atoms with Crippen LogP contribution < -0.4 is 10.5 Å². The molecule has 1 aromatic heterocycles. The molecule has 1 atom stereocenters. The first-order chi connectivity index (χ1) is 8.91. The number of ether oxygens (including phenoxy) is 1. The average Bonchev–Trinajstić information content (AvgIpc) is 2.87. The van der Waals surface area contributed by atoms with Crippen LogP contribution in [-0.4, -0.2) is 7.11 Å². The molecule has 1 aromatic carbocycles. The number of hydrogen-bond acceptors (Lipinski definition) is 3. The van der Waals surface area contributed by atoms with Crippen molar-refractivity contribution >= 4 is 11.3 Å². The standard InChI is InChI=1S/C16H21NOS/c1-16(2,3)14-10-9-13(19-14)15(17)11-5-7-12(18-4)8-6-11/h5-10,15H,17H2,1-4H3. The Balaban J connectivity index is 2.23.